The third kappa shape index (κ3) is 4.08. The van der Waals surface area contributed by atoms with Gasteiger partial charge in [-0.15, -0.1) is 0 Å². The first-order valence-corrected chi connectivity index (χ1v) is 8.35. The van der Waals surface area contributed by atoms with Crippen molar-refractivity contribution in [2.24, 2.45) is 17.2 Å². The van der Waals surface area contributed by atoms with Crippen molar-refractivity contribution in [3.63, 3.8) is 0 Å². The van der Waals surface area contributed by atoms with E-state index in [0.717, 1.165) is 17.5 Å². The van der Waals surface area contributed by atoms with Crippen LogP contribution in [0.15, 0.2) is 60.1 Å². The molecular formula is C18H21F2N7. The van der Waals surface area contributed by atoms with Crippen LogP contribution in [0, 0.1) is 0 Å². The van der Waals surface area contributed by atoms with Gasteiger partial charge in [0, 0.05) is 30.6 Å². The van der Waals surface area contributed by atoms with Gasteiger partial charge in [0.05, 0.1) is 29.2 Å². The van der Waals surface area contributed by atoms with E-state index < -0.39 is 18.2 Å². The summed E-state index contributed by atoms with van der Waals surface area (Å²) in [4.78, 5) is 13.5. The summed E-state index contributed by atoms with van der Waals surface area (Å²) in [6.45, 7) is 0.543. The molecule has 7 N–H and O–H groups in total. The average Bonchev–Trinajstić information content (AvgIpc) is 3.14. The van der Waals surface area contributed by atoms with E-state index in [1.807, 2.05) is 23.1 Å². The van der Waals surface area contributed by atoms with Crippen LogP contribution in [0.5, 0.6) is 0 Å². The topological polar surface area (TPSA) is 123 Å². The van der Waals surface area contributed by atoms with E-state index in [1.165, 1.54) is 6.08 Å². The van der Waals surface area contributed by atoms with Crippen LogP contribution in [-0.2, 0) is 6.42 Å². The SMILES string of the molecule is N/C(=C\C=C(/N)N1CCc2[nH]cnc2C1/C(N)=C/c1ccccn1)C(F)F. The molecule has 0 spiro atoms. The minimum atomic E-state index is -2.74. The molecule has 27 heavy (non-hydrogen) atoms. The molecule has 7 nitrogen and oxygen atoms in total. The normalized spacial score (nSPS) is 18.7. The zero-order chi connectivity index (χ0) is 19.4. The molecule has 1 unspecified atom stereocenters. The summed E-state index contributed by atoms with van der Waals surface area (Å²) in [5, 5.41) is 0. The van der Waals surface area contributed by atoms with Gasteiger partial charge < -0.3 is 27.1 Å². The lowest BCUT2D eigenvalue weighted by Crippen LogP contribution is -2.40. The molecule has 2 aromatic heterocycles. The van der Waals surface area contributed by atoms with Gasteiger partial charge in [-0.25, -0.2) is 13.8 Å². The number of rotatable bonds is 5. The van der Waals surface area contributed by atoms with Crippen LogP contribution in [0.4, 0.5) is 8.78 Å². The monoisotopic (exact) mass is 373 g/mol. The summed E-state index contributed by atoms with van der Waals surface area (Å²) < 4.78 is 25.2. The number of nitrogens with one attached hydrogen (secondary N) is 1. The number of hydrogen-bond donors (Lipinski definition) is 4. The van der Waals surface area contributed by atoms with Crippen molar-refractivity contribution >= 4 is 6.08 Å². The molecule has 0 saturated carbocycles. The number of halogens is 2. The van der Waals surface area contributed by atoms with Gasteiger partial charge in [-0.1, -0.05) is 6.07 Å². The average molecular weight is 373 g/mol. The number of alkyl halides is 2. The molecule has 9 heteroatoms. The van der Waals surface area contributed by atoms with Crippen molar-refractivity contribution in [3.8, 4) is 0 Å². The number of pyridine rings is 1. The molecule has 0 amide bonds. The molecule has 1 aliphatic rings. The van der Waals surface area contributed by atoms with Crippen LogP contribution < -0.4 is 17.2 Å². The Morgan fingerprint density at radius 1 is 1.22 bits per heavy atom. The number of aromatic amines is 1. The maximum absolute atomic E-state index is 12.6. The molecule has 1 atom stereocenters. The summed E-state index contributed by atoms with van der Waals surface area (Å²) in [6.07, 6.45) is 5.42. The highest BCUT2D eigenvalue weighted by molar-refractivity contribution is 5.51. The third-order valence-corrected chi connectivity index (χ3v) is 4.27. The Labute approximate surface area is 155 Å². The molecule has 3 heterocycles. The van der Waals surface area contributed by atoms with Gasteiger partial charge in [-0.2, -0.15) is 0 Å². The predicted molar refractivity (Wildman–Crippen MR) is 98.7 cm³/mol. The molecule has 2 aromatic rings. The van der Waals surface area contributed by atoms with E-state index in [2.05, 4.69) is 15.0 Å². The number of allylic oxidation sites excluding steroid dienone is 3. The smallest absolute Gasteiger partial charge is 0.277 e. The van der Waals surface area contributed by atoms with Crippen LogP contribution in [0.3, 0.4) is 0 Å². The Kier molecular flexibility index (Phi) is 5.39. The number of hydrogen-bond acceptors (Lipinski definition) is 6. The van der Waals surface area contributed by atoms with Crippen LogP contribution in [-0.4, -0.2) is 32.8 Å². The van der Waals surface area contributed by atoms with E-state index in [9.17, 15) is 8.78 Å². The third-order valence-electron chi connectivity index (χ3n) is 4.27. The quantitative estimate of drug-likeness (QED) is 0.591. The molecular weight excluding hydrogens is 352 g/mol. The lowest BCUT2D eigenvalue weighted by atomic mass is 9.99. The van der Waals surface area contributed by atoms with Gasteiger partial charge in [0.2, 0.25) is 0 Å². The standard InChI is InChI=1S/C18H21F2N7/c19-18(20)12(21)4-5-15(23)27-8-6-14-16(26-10-25-14)17(27)13(22)9-11-3-1-2-7-24-11/h1-5,7,9-10,17-18H,6,8,21-23H2,(H,25,26)/b12-4-,13-9-,15-5+. The number of nitrogens with zero attached hydrogens (tertiary/aromatic N) is 3. The van der Waals surface area contributed by atoms with E-state index in [4.69, 9.17) is 17.2 Å². The lowest BCUT2D eigenvalue weighted by Gasteiger charge is -2.37. The van der Waals surface area contributed by atoms with Crippen LogP contribution in [0.25, 0.3) is 6.08 Å². The molecule has 0 bridgehead atoms. The van der Waals surface area contributed by atoms with Gasteiger partial charge in [0.15, 0.2) is 0 Å². The van der Waals surface area contributed by atoms with E-state index in [-0.39, 0.29) is 5.82 Å². The van der Waals surface area contributed by atoms with Crippen molar-refractivity contribution in [2.75, 3.05) is 6.54 Å². The van der Waals surface area contributed by atoms with Crippen molar-refractivity contribution in [1.82, 2.24) is 19.9 Å². The number of aromatic nitrogens is 3. The lowest BCUT2D eigenvalue weighted by molar-refractivity contribution is 0.188. The summed E-state index contributed by atoms with van der Waals surface area (Å²) in [7, 11) is 0. The Morgan fingerprint density at radius 2 is 2.04 bits per heavy atom. The van der Waals surface area contributed by atoms with E-state index in [0.29, 0.717) is 24.4 Å². The largest absolute Gasteiger partial charge is 0.400 e. The van der Waals surface area contributed by atoms with E-state index >= 15 is 0 Å². The highest BCUT2D eigenvalue weighted by Gasteiger charge is 2.32. The molecule has 142 valence electrons. The summed E-state index contributed by atoms with van der Waals surface area (Å²) in [6, 6.07) is 5.06. The Bertz CT molecular complexity index is 871. The molecule has 0 saturated heterocycles. The van der Waals surface area contributed by atoms with Crippen molar-refractivity contribution in [2.45, 2.75) is 18.9 Å². The fourth-order valence-corrected chi connectivity index (χ4v) is 2.95. The highest BCUT2D eigenvalue weighted by Crippen LogP contribution is 2.33. The van der Waals surface area contributed by atoms with Crippen LogP contribution in [0.1, 0.15) is 23.1 Å². The highest BCUT2D eigenvalue weighted by atomic mass is 19.3. The fraction of sp³-hybridized carbons (Fsp3) is 0.222. The Hall–Kier alpha value is -3.36. The molecule has 3 rings (SSSR count). The van der Waals surface area contributed by atoms with Crippen molar-refractivity contribution < 1.29 is 8.78 Å². The van der Waals surface area contributed by atoms with E-state index in [1.54, 1.807) is 18.6 Å². The second-order valence-electron chi connectivity index (χ2n) is 6.07. The number of nitrogens with two attached hydrogens (primary N) is 3. The first kappa shape index (κ1) is 18.4. The first-order chi connectivity index (χ1) is 13.0. The van der Waals surface area contributed by atoms with Gasteiger partial charge in [-0.3, -0.25) is 4.98 Å². The van der Waals surface area contributed by atoms with Gasteiger partial charge in [0.1, 0.15) is 6.04 Å². The zero-order valence-corrected chi connectivity index (χ0v) is 14.5. The van der Waals surface area contributed by atoms with Gasteiger partial charge >= 0.3 is 0 Å². The van der Waals surface area contributed by atoms with Crippen LogP contribution in [0.2, 0.25) is 0 Å². The van der Waals surface area contributed by atoms with Crippen molar-refractivity contribution in [3.05, 3.63) is 77.2 Å². The molecule has 0 aromatic carbocycles. The molecule has 0 fully saturated rings. The maximum Gasteiger partial charge on any atom is 0.277 e. The Balaban J connectivity index is 1.97. The summed E-state index contributed by atoms with van der Waals surface area (Å²) in [5.74, 6) is 0.273. The number of H-pyrrole nitrogens is 1. The fourth-order valence-electron chi connectivity index (χ4n) is 2.95. The number of fused-ring (bicyclic) bond motifs is 1. The minimum Gasteiger partial charge on any atom is -0.400 e. The Morgan fingerprint density at radius 3 is 2.74 bits per heavy atom. The summed E-state index contributed by atoms with van der Waals surface area (Å²) in [5.41, 5.74) is 20.1. The van der Waals surface area contributed by atoms with Gasteiger partial charge in [-0.05, 0) is 30.4 Å². The first-order valence-electron chi connectivity index (χ1n) is 8.35. The second-order valence-corrected chi connectivity index (χ2v) is 6.07. The molecule has 1 aliphatic heterocycles. The minimum absolute atomic E-state index is 0.273. The maximum atomic E-state index is 12.6. The molecule has 0 radical (unpaired) electrons. The zero-order valence-electron chi connectivity index (χ0n) is 14.5. The molecule has 0 aliphatic carbocycles. The van der Waals surface area contributed by atoms with Crippen LogP contribution >= 0.6 is 0 Å². The summed E-state index contributed by atoms with van der Waals surface area (Å²) >= 11 is 0. The van der Waals surface area contributed by atoms with Gasteiger partial charge in [0.25, 0.3) is 6.43 Å². The van der Waals surface area contributed by atoms with Crippen molar-refractivity contribution in [1.29, 1.82) is 0 Å². The second kappa shape index (κ2) is 7.90. The predicted octanol–water partition coefficient (Wildman–Crippen LogP) is 1.61. The number of imidazole rings is 1.